The van der Waals surface area contributed by atoms with E-state index in [4.69, 9.17) is 5.73 Å². The molecule has 0 aliphatic carbocycles. The molecular formula is C17H16F2N4O. The maximum absolute atomic E-state index is 13.2. The molecule has 2 heterocycles. The minimum absolute atomic E-state index is 0.134. The van der Waals surface area contributed by atoms with Crippen molar-refractivity contribution in [2.75, 3.05) is 18.0 Å². The molecule has 3 rings (SSSR count). The van der Waals surface area contributed by atoms with Crippen LogP contribution in [0.4, 0.5) is 14.6 Å². The Morgan fingerprint density at radius 1 is 1.08 bits per heavy atom. The van der Waals surface area contributed by atoms with Crippen LogP contribution in [0.2, 0.25) is 0 Å². The second-order valence-electron chi connectivity index (χ2n) is 5.60. The molecule has 24 heavy (non-hydrogen) atoms. The Kier molecular flexibility index (Phi) is 4.50. The van der Waals surface area contributed by atoms with Gasteiger partial charge in [-0.3, -0.25) is 4.79 Å². The summed E-state index contributed by atoms with van der Waals surface area (Å²) in [5, 5.41) is 7.82. The fourth-order valence-corrected chi connectivity index (χ4v) is 2.63. The molecule has 0 saturated carbocycles. The van der Waals surface area contributed by atoms with E-state index in [0.29, 0.717) is 11.4 Å². The molecule has 0 unspecified atom stereocenters. The molecule has 1 aromatic heterocycles. The van der Waals surface area contributed by atoms with Crippen molar-refractivity contribution < 1.29 is 13.6 Å². The van der Waals surface area contributed by atoms with Crippen LogP contribution in [0.25, 0.3) is 6.08 Å². The normalized spacial score (nSPS) is 14.6. The molecule has 1 aliphatic rings. The summed E-state index contributed by atoms with van der Waals surface area (Å²) < 4.78 is 26.2. The van der Waals surface area contributed by atoms with Crippen molar-refractivity contribution in [1.82, 2.24) is 10.2 Å². The predicted octanol–water partition coefficient (Wildman–Crippen LogP) is 2.54. The number of rotatable bonds is 3. The van der Waals surface area contributed by atoms with E-state index in [1.165, 1.54) is 11.6 Å². The number of carbonyl (C=O) groups is 1. The minimum atomic E-state index is -0.843. The molecule has 0 atom stereocenters. The maximum atomic E-state index is 13.2. The zero-order valence-electron chi connectivity index (χ0n) is 12.9. The highest BCUT2D eigenvalue weighted by Gasteiger charge is 2.16. The summed E-state index contributed by atoms with van der Waals surface area (Å²) in [5.74, 6) is -1.60. The maximum Gasteiger partial charge on any atom is 0.269 e. The molecule has 7 heteroatoms. The van der Waals surface area contributed by atoms with E-state index in [1.807, 2.05) is 6.08 Å². The first-order valence-electron chi connectivity index (χ1n) is 7.56. The first kappa shape index (κ1) is 16.0. The van der Waals surface area contributed by atoms with Crippen molar-refractivity contribution in [3.05, 3.63) is 58.8 Å². The van der Waals surface area contributed by atoms with Crippen LogP contribution in [-0.4, -0.2) is 29.2 Å². The number of nitrogens with zero attached hydrogens (tertiary/aromatic N) is 3. The average molecular weight is 330 g/mol. The van der Waals surface area contributed by atoms with Crippen molar-refractivity contribution in [3.63, 3.8) is 0 Å². The third-order valence-electron chi connectivity index (χ3n) is 3.95. The molecular weight excluding hydrogens is 314 g/mol. The first-order valence-corrected chi connectivity index (χ1v) is 7.56. The molecule has 0 spiro atoms. The van der Waals surface area contributed by atoms with Crippen molar-refractivity contribution in [2.24, 2.45) is 5.73 Å². The van der Waals surface area contributed by atoms with Gasteiger partial charge in [-0.05, 0) is 42.7 Å². The van der Waals surface area contributed by atoms with Gasteiger partial charge in [0.2, 0.25) is 0 Å². The van der Waals surface area contributed by atoms with E-state index in [0.717, 1.165) is 32.0 Å². The first-order chi connectivity index (χ1) is 11.5. The van der Waals surface area contributed by atoms with E-state index in [1.54, 1.807) is 18.2 Å². The lowest BCUT2D eigenvalue weighted by atomic mass is 10.0. The van der Waals surface area contributed by atoms with Crippen LogP contribution < -0.4 is 10.6 Å². The highest BCUT2D eigenvalue weighted by Crippen LogP contribution is 2.23. The number of anilines is 1. The Morgan fingerprint density at radius 3 is 2.42 bits per heavy atom. The van der Waals surface area contributed by atoms with Crippen LogP contribution in [0.5, 0.6) is 0 Å². The van der Waals surface area contributed by atoms with E-state index in [2.05, 4.69) is 15.1 Å². The van der Waals surface area contributed by atoms with Crippen LogP contribution >= 0.6 is 0 Å². The molecule has 1 aromatic carbocycles. The Labute approximate surface area is 137 Å². The molecule has 2 aromatic rings. The number of benzene rings is 1. The standard InChI is InChI=1S/C17H16F2N4O/c18-13-2-1-12(10-14(13)19)9-11-5-7-23(8-6-11)16-4-3-15(17(20)24)21-22-16/h1-4,9-10H,5-8H2,(H2,20,24). The Bertz CT molecular complexity index is 780. The van der Waals surface area contributed by atoms with Gasteiger partial charge in [-0.2, -0.15) is 0 Å². The summed E-state index contributed by atoms with van der Waals surface area (Å²) in [5.41, 5.74) is 7.10. The SMILES string of the molecule is NC(=O)c1ccc(N2CCC(=Cc3ccc(F)c(F)c3)CC2)nn1. The molecule has 0 radical (unpaired) electrons. The number of amides is 1. The second-order valence-corrected chi connectivity index (χ2v) is 5.60. The lowest BCUT2D eigenvalue weighted by molar-refractivity contribution is 0.0994. The van der Waals surface area contributed by atoms with Crippen LogP contribution in [0.1, 0.15) is 28.9 Å². The number of aromatic nitrogens is 2. The van der Waals surface area contributed by atoms with Gasteiger partial charge < -0.3 is 10.6 Å². The third kappa shape index (κ3) is 3.56. The van der Waals surface area contributed by atoms with Gasteiger partial charge in [0.05, 0.1) is 0 Å². The van der Waals surface area contributed by atoms with Crippen LogP contribution in [0.3, 0.4) is 0 Å². The van der Waals surface area contributed by atoms with Crippen molar-refractivity contribution in [1.29, 1.82) is 0 Å². The Morgan fingerprint density at radius 2 is 1.83 bits per heavy atom. The van der Waals surface area contributed by atoms with E-state index < -0.39 is 17.5 Å². The monoisotopic (exact) mass is 330 g/mol. The van der Waals surface area contributed by atoms with Crippen molar-refractivity contribution in [3.8, 4) is 0 Å². The number of piperidine rings is 1. The highest BCUT2D eigenvalue weighted by atomic mass is 19.2. The van der Waals surface area contributed by atoms with E-state index >= 15 is 0 Å². The average Bonchev–Trinajstić information content (AvgIpc) is 2.59. The van der Waals surface area contributed by atoms with Gasteiger partial charge in [-0.1, -0.05) is 17.7 Å². The number of primary amides is 1. The number of nitrogens with two attached hydrogens (primary N) is 1. The van der Waals surface area contributed by atoms with Gasteiger partial charge in [-0.15, -0.1) is 10.2 Å². The third-order valence-corrected chi connectivity index (χ3v) is 3.95. The number of hydrogen-bond acceptors (Lipinski definition) is 4. The zero-order chi connectivity index (χ0) is 17.1. The molecule has 0 bridgehead atoms. The fraction of sp³-hybridized carbons (Fsp3) is 0.235. The summed E-state index contributed by atoms with van der Waals surface area (Å²) in [4.78, 5) is 13.1. The molecule has 5 nitrogen and oxygen atoms in total. The fourth-order valence-electron chi connectivity index (χ4n) is 2.63. The summed E-state index contributed by atoms with van der Waals surface area (Å²) in [7, 11) is 0. The molecule has 1 fully saturated rings. The lowest BCUT2D eigenvalue weighted by Crippen LogP contribution is -2.31. The number of carbonyl (C=O) groups excluding carboxylic acids is 1. The highest BCUT2D eigenvalue weighted by molar-refractivity contribution is 5.90. The summed E-state index contributed by atoms with van der Waals surface area (Å²) in [6.07, 6.45) is 3.47. The topological polar surface area (TPSA) is 72.1 Å². The van der Waals surface area contributed by atoms with Gasteiger partial charge in [0, 0.05) is 13.1 Å². The van der Waals surface area contributed by atoms with Crippen LogP contribution in [0, 0.1) is 11.6 Å². The van der Waals surface area contributed by atoms with Gasteiger partial charge in [0.25, 0.3) is 5.91 Å². The second kappa shape index (κ2) is 6.74. The van der Waals surface area contributed by atoms with Gasteiger partial charge in [-0.25, -0.2) is 8.78 Å². The van der Waals surface area contributed by atoms with Crippen molar-refractivity contribution >= 4 is 17.8 Å². The van der Waals surface area contributed by atoms with Crippen LogP contribution in [0.15, 0.2) is 35.9 Å². The summed E-state index contributed by atoms with van der Waals surface area (Å²) in [6.45, 7) is 1.47. The minimum Gasteiger partial charge on any atom is -0.364 e. The van der Waals surface area contributed by atoms with E-state index in [9.17, 15) is 13.6 Å². The largest absolute Gasteiger partial charge is 0.364 e. The van der Waals surface area contributed by atoms with Gasteiger partial charge in [0.1, 0.15) is 0 Å². The molecule has 2 N–H and O–H groups in total. The summed E-state index contributed by atoms with van der Waals surface area (Å²) in [6, 6.07) is 7.16. The van der Waals surface area contributed by atoms with Crippen LogP contribution in [-0.2, 0) is 0 Å². The van der Waals surface area contributed by atoms with E-state index in [-0.39, 0.29) is 5.69 Å². The van der Waals surface area contributed by atoms with Gasteiger partial charge in [0.15, 0.2) is 23.1 Å². The Balaban J connectivity index is 1.65. The number of halogens is 2. The summed E-state index contributed by atoms with van der Waals surface area (Å²) >= 11 is 0. The lowest BCUT2D eigenvalue weighted by Gasteiger charge is -2.29. The smallest absolute Gasteiger partial charge is 0.269 e. The van der Waals surface area contributed by atoms with Crippen molar-refractivity contribution in [2.45, 2.75) is 12.8 Å². The number of hydrogen-bond donors (Lipinski definition) is 1. The molecule has 1 amide bonds. The molecule has 1 saturated heterocycles. The Hall–Kier alpha value is -2.83. The van der Waals surface area contributed by atoms with Gasteiger partial charge >= 0.3 is 0 Å². The molecule has 1 aliphatic heterocycles. The molecule has 124 valence electrons. The predicted molar refractivity (Wildman–Crippen MR) is 86.3 cm³/mol. The quantitative estimate of drug-likeness (QED) is 0.939. The zero-order valence-corrected chi connectivity index (χ0v) is 12.9.